The average Bonchev–Trinajstić information content (AvgIpc) is 1.94. The summed E-state index contributed by atoms with van der Waals surface area (Å²) in [6.45, 7) is 3.43. The Morgan fingerprint density at radius 2 is 2.27 bits per heavy atom. The normalized spacial score (nSPS) is 9.64. The SMILES string of the molecule is Cc1[c]ncc([N+](=O)[O-])c1C. The highest BCUT2D eigenvalue weighted by Gasteiger charge is 2.11. The molecule has 4 heteroatoms. The minimum absolute atomic E-state index is 0.0567. The van der Waals surface area contributed by atoms with E-state index < -0.39 is 4.92 Å². The van der Waals surface area contributed by atoms with Crippen LogP contribution in [0.3, 0.4) is 0 Å². The van der Waals surface area contributed by atoms with Crippen LogP contribution in [0, 0.1) is 30.2 Å². The quantitative estimate of drug-likeness (QED) is 0.450. The van der Waals surface area contributed by atoms with Crippen molar-refractivity contribution in [3.05, 3.63) is 33.6 Å². The minimum atomic E-state index is -0.441. The molecule has 0 aliphatic rings. The van der Waals surface area contributed by atoms with E-state index in [0.717, 1.165) is 5.56 Å². The van der Waals surface area contributed by atoms with Gasteiger partial charge in [-0.05, 0) is 19.4 Å². The number of nitrogens with zero attached hydrogens (tertiary/aromatic N) is 2. The Morgan fingerprint density at radius 1 is 1.64 bits per heavy atom. The van der Waals surface area contributed by atoms with E-state index >= 15 is 0 Å². The molecule has 1 heterocycles. The van der Waals surface area contributed by atoms with Gasteiger partial charge in [0.1, 0.15) is 6.20 Å². The van der Waals surface area contributed by atoms with Crippen LogP contribution in [0.15, 0.2) is 6.20 Å². The second-order valence-corrected chi connectivity index (χ2v) is 2.26. The maximum absolute atomic E-state index is 10.3. The Hall–Kier alpha value is -1.45. The van der Waals surface area contributed by atoms with Crippen LogP contribution in [0.1, 0.15) is 11.1 Å². The van der Waals surface area contributed by atoms with E-state index in [9.17, 15) is 10.1 Å². The summed E-state index contributed by atoms with van der Waals surface area (Å²) in [4.78, 5) is 13.5. The topological polar surface area (TPSA) is 56.0 Å². The van der Waals surface area contributed by atoms with E-state index in [2.05, 4.69) is 11.2 Å². The van der Waals surface area contributed by atoms with Gasteiger partial charge in [0, 0.05) is 5.56 Å². The van der Waals surface area contributed by atoms with Gasteiger partial charge < -0.3 is 0 Å². The lowest BCUT2D eigenvalue weighted by atomic mass is 10.1. The molecule has 4 nitrogen and oxygen atoms in total. The number of rotatable bonds is 1. The van der Waals surface area contributed by atoms with Crippen molar-refractivity contribution in [2.45, 2.75) is 13.8 Å². The van der Waals surface area contributed by atoms with E-state index in [1.165, 1.54) is 6.20 Å². The molecule has 0 unspecified atom stereocenters. The first kappa shape index (κ1) is 7.65. The number of nitro groups is 1. The number of aromatic nitrogens is 1. The summed E-state index contributed by atoms with van der Waals surface area (Å²) in [5, 5.41) is 10.3. The highest BCUT2D eigenvalue weighted by molar-refractivity contribution is 5.39. The third-order valence-electron chi connectivity index (χ3n) is 1.56. The van der Waals surface area contributed by atoms with Crippen molar-refractivity contribution in [1.82, 2.24) is 4.98 Å². The standard InChI is InChI=1S/C7H7N2O2/c1-5-3-8-4-7(6(5)2)9(10)11/h4H,1-2H3. The summed E-state index contributed by atoms with van der Waals surface area (Å²) in [7, 11) is 0. The van der Waals surface area contributed by atoms with Gasteiger partial charge in [0.15, 0.2) is 0 Å². The largest absolute Gasteiger partial charge is 0.290 e. The molecule has 1 aromatic rings. The fraction of sp³-hybridized carbons (Fsp3) is 0.286. The second kappa shape index (κ2) is 2.65. The smallest absolute Gasteiger partial charge is 0.258 e. The Balaban J connectivity index is 3.27. The van der Waals surface area contributed by atoms with E-state index in [1.54, 1.807) is 13.8 Å². The van der Waals surface area contributed by atoms with Crippen LogP contribution in [-0.4, -0.2) is 9.91 Å². The van der Waals surface area contributed by atoms with Gasteiger partial charge in [-0.1, -0.05) is 0 Å². The van der Waals surface area contributed by atoms with Gasteiger partial charge in [-0.15, -0.1) is 0 Å². The van der Waals surface area contributed by atoms with E-state index in [-0.39, 0.29) is 5.69 Å². The molecule has 0 amide bonds. The van der Waals surface area contributed by atoms with Gasteiger partial charge in [-0.2, -0.15) is 0 Å². The van der Waals surface area contributed by atoms with Crippen LogP contribution in [-0.2, 0) is 0 Å². The summed E-state index contributed by atoms with van der Waals surface area (Å²) >= 11 is 0. The molecular formula is C7H7N2O2. The first-order chi connectivity index (χ1) is 5.13. The van der Waals surface area contributed by atoms with Crippen LogP contribution in [0.25, 0.3) is 0 Å². The maximum Gasteiger partial charge on any atom is 0.290 e. The molecule has 0 saturated heterocycles. The molecule has 1 aromatic heterocycles. The van der Waals surface area contributed by atoms with Crippen molar-refractivity contribution in [3.63, 3.8) is 0 Å². The van der Waals surface area contributed by atoms with Crippen molar-refractivity contribution in [2.75, 3.05) is 0 Å². The van der Waals surface area contributed by atoms with E-state index in [4.69, 9.17) is 0 Å². The third-order valence-corrected chi connectivity index (χ3v) is 1.56. The highest BCUT2D eigenvalue weighted by Crippen LogP contribution is 2.17. The molecule has 0 saturated carbocycles. The number of aryl methyl sites for hydroxylation is 1. The maximum atomic E-state index is 10.3. The van der Waals surface area contributed by atoms with Crippen LogP contribution in [0.4, 0.5) is 5.69 Å². The van der Waals surface area contributed by atoms with Gasteiger partial charge in [-0.25, -0.2) is 4.98 Å². The van der Waals surface area contributed by atoms with Crippen molar-refractivity contribution in [2.24, 2.45) is 0 Å². The first-order valence-corrected chi connectivity index (χ1v) is 3.11. The Kier molecular flexibility index (Phi) is 1.85. The Morgan fingerprint density at radius 3 is 2.73 bits per heavy atom. The molecule has 11 heavy (non-hydrogen) atoms. The third kappa shape index (κ3) is 1.34. The summed E-state index contributed by atoms with van der Waals surface area (Å²) in [5.41, 5.74) is 1.41. The molecule has 0 aliphatic heterocycles. The fourth-order valence-corrected chi connectivity index (χ4v) is 0.747. The average molecular weight is 151 g/mol. The molecule has 0 spiro atoms. The zero-order valence-electron chi connectivity index (χ0n) is 6.29. The number of hydrogen-bond acceptors (Lipinski definition) is 3. The van der Waals surface area contributed by atoms with Crippen molar-refractivity contribution in [1.29, 1.82) is 0 Å². The lowest BCUT2D eigenvalue weighted by molar-refractivity contribution is -0.385. The highest BCUT2D eigenvalue weighted by atomic mass is 16.6. The molecule has 0 atom stereocenters. The van der Waals surface area contributed by atoms with Crippen LogP contribution < -0.4 is 0 Å². The van der Waals surface area contributed by atoms with Crippen LogP contribution >= 0.6 is 0 Å². The monoisotopic (exact) mass is 151 g/mol. The zero-order chi connectivity index (χ0) is 8.43. The summed E-state index contributed by atoms with van der Waals surface area (Å²) in [6, 6.07) is 0. The molecule has 0 aliphatic carbocycles. The van der Waals surface area contributed by atoms with Crippen molar-refractivity contribution in [3.8, 4) is 0 Å². The number of pyridine rings is 1. The second-order valence-electron chi connectivity index (χ2n) is 2.26. The van der Waals surface area contributed by atoms with Crippen LogP contribution in [0.5, 0.6) is 0 Å². The lowest BCUT2D eigenvalue weighted by Gasteiger charge is -1.97. The van der Waals surface area contributed by atoms with Crippen molar-refractivity contribution < 1.29 is 4.92 Å². The van der Waals surface area contributed by atoms with Gasteiger partial charge in [-0.3, -0.25) is 10.1 Å². The van der Waals surface area contributed by atoms with Gasteiger partial charge in [0.2, 0.25) is 0 Å². The van der Waals surface area contributed by atoms with E-state index in [1.807, 2.05) is 0 Å². The molecule has 0 N–H and O–H groups in total. The van der Waals surface area contributed by atoms with Crippen molar-refractivity contribution >= 4 is 5.69 Å². The lowest BCUT2D eigenvalue weighted by Crippen LogP contribution is -1.94. The molecule has 0 fully saturated rings. The van der Waals surface area contributed by atoms with Gasteiger partial charge in [0.25, 0.3) is 5.69 Å². The fourth-order valence-electron chi connectivity index (χ4n) is 0.747. The number of hydrogen-bond donors (Lipinski definition) is 0. The van der Waals surface area contributed by atoms with Gasteiger partial charge >= 0.3 is 0 Å². The minimum Gasteiger partial charge on any atom is -0.258 e. The molecule has 0 aromatic carbocycles. The molecule has 1 radical (unpaired) electrons. The summed E-state index contributed by atoms with van der Waals surface area (Å²) in [6.07, 6.45) is 3.85. The molecule has 0 bridgehead atoms. The molecule has 1 rings (SSSR count). The molecular weight excluding hydrogens is 144 g/mol. The van der Waals surface area contributed by atoms with Gasteiger partial charge in [0.05, 0.1) is 11.1 Å². The first-order valence-electron chi connectivity index (χ1n) is 3.11. The van der Waals surface area contributed by atoms with Crippen LogP contribution in [0.2, 0.25) is 0 Å². The zero-order valence-corrected chi connectivity index (χ0v) is 6.29. The molecule has 57 valence electrons. The summed E-state index contributed by atoms with van der Waals surface area (Å²) < 4.78 is 0. The predicted octanol–water partition coefficient (Wildman–Crippen LogP) is 1.41. The van der Waals surface area contributed by atoms with E-state index in [0.29, 0.717) is 5.56 Å². The Bertz CT molecular complexity index is 296. The predicted molar refractivity (Wildman–Crippen MR) is 39.2 cm³/mol. The Labute approximate surface area is 64.0 Å². The summed E-state index contributed by atoms with van der Waals surface area (Å²) in [5.74, 6) is 0.